The lowest BCUT2D eigenvalue weighted by atomic mass is 9.96. The number of para-hydroxylation sites is 1. The van der Waals surface area contributed by atoms with E-state index in [1.165, 1.54) is 4.90 Å². The highest BCUT2D eigenvalue weighted by Crippen LogP contribution is 2.40. The highest BCUT2D eigenvalue weighted by molar-refractivity contribution is 6.46. The van der Waals surface area contributed by atoms with Crippen LogP contribution < -0.4 is 9.47 Å². The first-order chi connectivity index (χ1) is 17.5. The lowest BCUT2D eigenvalue weighted by Gasteiger charge is -2.25. The Balaban J connectivity index is 1.70. The van der Waals surface area contributed by atoms with Crippen LogP contribution in [-0.2, 0) is 16.1 Å². The third-order valence-corrected chi connectivity index (χ3v) is 6.22. The number of ether oxygens (including phenoxy) is 2. The number of amides is 1. The Kier molecular flexibility index (Phi) is 8.00. The minimum atomic E-state index is -0.798. The minimum absolute atomic E-state index is 0.0273. The predicted octanol–water partition coefficient (Wildman–Crippen LogP) is 5.28. The number of hydrogen-bond acceptors (Lipinski definition) is 6. The monoisotopic (exact) mass is 486 g/mol. The van der Waals surface area contributed by atoms with E-state index >= 15 is 0 Å². The summed E-state index contributed by atoms with van der Waals surface area (Å²) in [4.78, 5) is 32.1. The van der Waals surface area contributed by atoms with Gasteiger partial charge in [-0.15, -0.1) is 0 Å². The minimum Gasteiger partial charge on any atom is -0.507 e. The Morgan fingerprint density at radius 3 is 2.50 bits per heavy atom. The summed E-state index contributed by atoms with van der Waals surface area (Å²) in [5.41, 5.74) is 1.84. The van der Waals surface area contributed by atoms with E-state index in [1.807, 2.05) is 18.2 Å². The lowest BCUT2D eigenvalue weighted by Crippen LogP contribution is -2.29. The van der Waals surface area contributed by atoms with E-state index in [1.54, 1.807) is 62.0 Å². The molecule has 1 fully saturated rings. The smallest absolute Gasteiger partial charge is 0.295 e. The number of Topliss-reactive ketones (excluding diaryl/α,β-unsaturated/α-hetero) is 1. The lowest BCUT2D eigenvalue weighted by molar-refractivity contribution is -0.140. The second-order valence-corrected chi connectivity index (χ2v) is 8.61. The van der Waals surface area contributed by atoms with Gasteiger partial charge in [-0.05, 0) is 48.4 Å². The molecule has 36 heavy (non-hydrogen) atoms. The molecule has 7 nitrogen and oxygen atoms in total. The number of aromatic nitrogens is 1. The highest BCUT2D eigenvalue weighted by atomic mass is 16.5. The van der Waals surface area contributed by atoms with Crippen LogP contribution in [-0.4, -0.2) is 40.4 Å². The number of aliphatic hydroxyl groups is 1. The fraction of sp³-hybridized carbons (Fsp3) is 0.276. The van der Waals surface area contributed by atoms with E-state index < -0.39 is 17.7 Å². The van der Waals surface area contributed by atoms with Crippen molar-refractivity contribution in [1.29, 1.82) is 0 Å². The van der Waals surface area contributed by atoms with Gasteiger partial charge in [0.15, 0.2) is 0 Å². The maximum atomic E-state index is 13.2. The molecule has 4 rings (SSSR count). The number of rotatable bonds is 10. The molecular weight excluding hydrogens is 456 g/mol. The van der Waals surface area contributed by atoms with E-state index in [9.17, 15) is 14.7 Å². The number of hydrogen-bond donors (Lipinski definition) is 1. The molecule has 0 saturated carbocycles. The molecule has 2 aromatic carbocycles. The Bertz CT molecular complexity index is 1240. The SMILES string of the molecule is CCCCCOc1ccc(/C(O)=C2\C(=O)C(=O)N(Cc3ccccc3OC)C2c2cccnc2)cc1. The molecule has 1 amide bonds. The molecular formula is C29H30N2O5. The molecule has 1 saturated heterocycles. The average molecular weight is 487 g/mol. The fourth-order valence-corrected chi connectivity index (χ4v) is 4.35. The zero-order valence-corrected chi connectivity index (χ0v) is 20.5. The molecule has 1 atom stereocenters. The zero-order valence-electron chi connectivity index (χ0n) is 20.5. The number of likely N-dealkylation sites (tertiary alicyclic amines) is 1. The highest BCUT2D eigenvalue weighted by Gasteiger charge is 2.46. The van der Waals surface area contributed by atoms with Crippen LogP contribution in [0.2, 0.25) is 0 Å². The summed E-state index contributed by atoms with van der Waals surface area (Å²) in [5.74, 6) is -0.368. The Labute approximate surface area is 211 Å². The summed E-state index contributed by atoms with van der Waals surface area (Å²) < 4.78 is 11.2. The van der Waals surface area contributed by atoms with Gasteiger partial charge in [-0.1, -0.05) is 44.0 Å². The fourth-order valence-electron chi connectivity index (χ4n) is 4.35. The van der Waals surface area contributed by atoms with E-state index in [0.717, 1.165) is 24.8 Å². The summed E-state index contributed by atoms with van der Waals surface area (Å²) in [7, 11) is 1.56. The predicted molar refractivity (Wildman–Crippen MR) is 137 cm³/mol. The molecule has 0 spiro atoms. The number of ketones is 1. The average Bonchev–Trinajstić information content (AvgIpc) is 3.17. The van der Waals surface area contributed by atoms with E-state index in [4.69, 9.17) is 9.47 Å². The summed E-state index contributed by atoms with van der Waals surface area (Å²) >= 11 is 0. The normalized spacial score (nSPS) is 16.8. The quantitative estimate of drug-likeness (QED) is 0.182. The number of benzene rings is 2. The van der Waals surface area contributed by atoms with Crippen molar-refractivity contribution >= 4 is 17.4 Å². The van der Waals surface area contributed by atoms with Gasteiger partial charge in [-0.25, -0.2) is 0 Å². The van der Waals surface area contributed by atoms with Crippen LogP contribution in [0.5, 0.6) is 11.5 Å². The van der Waals surface area contributed by atoms with Crippen molar-refractivity contribution in [2.24, 2.45) is 0 Å². The molecule has 1 N–H and O–H groups in total. The van der Waals surface area contributed by atoms with Gasteiger partial charge in [0.25, 0.3) is 11.7 Å². The van der Waals surface area contributed by atoms with Crippen LogP contribution in [0.1, 0.15) is 48.9 Å². The number of carbonyl (C=O) groups excluding carboxylic acids is 2. The first-order valence-electron chi connectivity index (χ1n) is 12.1. The molecule has 0 bridgehead atoms. The van der Waals surface area contributed by atoms with E-state index in [-0.39, 0.29) is 17.9 Å². The van der Waals surface area contributed by atoms with Crippen LogP contribution in [0.3, 0.4) is 0 Å². The first kappa shape index (κ1) is 25.0. The third kappa shape index (κ3) is 5.25. The molecule has 186 valence electrons. The number of nitrogens with zero attached hydrogens (tertiary/aromatic N) is 2. The van der Waals surface area contributed by atoms with E-state index in [2.05, 4.69) is 11.9 Å². The van der Waals surface area contributed by atoms with Crippen molar-refractivity contribution in [2.75, 3.05) is 13.7 Å². The molecule has 2 heterocycles. The summed E-state index contributed by atoms with van der Waals surface area (Å²) in [5, 5.41) is 11.3. The Morgan fingerprint density at radius 2 is 1.81 bits per heavy atom. The number of aliphatic hydroxyl groups excluding tert-OH is 1. The van der Waals surface area contributed by atoms with Crippen molar-refractivity contribution in [3.8, 4) is 11.5 Å². The van der Waals surface area contributed by atoms with Crippen molar-refractivity contribution < 1.29 is 24.2 Å². The Hall–Kier alpha value is -4.13. The number of pyridine rings is 1. The van der Waals surface area contributed by atoms with Gasteiger partial charge in [0.05, 0.1) is 31.9 Å². The van der Waals surface area contributed by atoms with Crippen LogP contribution in [0.4, 0.5) is 0 Å². The first-order valence-corrected chi connectivity index (χ1v) is 12.1. The molecule has 1 aliphatic rings. The molecule has 1 aliphatic heterocycles. The Morgan fingerprint density at radius 1 is 1.03 bits per heavy atom. The molecule has 0 aliphatic carbocycles. The van der Waals surface area contributed by atoms with Gasteiger partial charge >= 0.3 is 0 Å². The summed E-state index contributed by atoms with van der Waals surface area (Å²) in [6.07, 6.45) is 6.41. The number of methoxy groups -OCH3 is 1. The second kappa shape index (κ2) is 11.5. The number of carbonyl (C=O) groups is 2. The maximum Gasteiger partial charge on any atom is 0.295 e. The van der Waals surface area contributed by atoms with Crippen molar-refractivity contribution in [3.63, 3.8) is 0 Å². The van der Waals surface area contributed by atoms with Gasteiger partial charge in [0.2, 0.25) is 0 Å². The second-order valence-electron chi connectivity index (χ2n) is 8.61. The van der Waals surface area contributed by atoms with Crippen LogP contribution in [0.25, 0.3) is 5.76 Å². The van der Waals surface area contributed by atoms with Gasteiger partial charge in [0, 0.05) is 23.5 Å². The van der Waals surface area contributed by atoms with Gasteiger partial charge in [-0.2, -0.15) is 0 Å². The molecule has 0 radical (unpaired) electrons. The van der Waals surface area contributed by atoms with Crippen molar-refractivity contribution in [3.05, 3.63) is 95.3 Å². The van der Waals surface area contributed by atoms with Gasteiger partial charge < -0.3 is 19.5 Å². The van der Waals surface area contributed by atoms with Gasteiger partial charge in [-0.3, -0.25) is 14.6 Å². The zero-order chi connectivity index (χ0) is 25.5. The standard InChI is InChI=1S/C29H30N2O5/c1-3-4-7-17-36-23-14-12-20(13-15-23)27(32)25-26(21-10-8-16-30-18-21)31(29(34)28(25)33)19-22-9-5-6-11-24(22)35-2/h5-6,8-16,18,26,32H,3-4,7,17,19H2,1-2H3/b27-25+. The molecule has 3 aromatic rings. The molecule has 1 aromatic heterocycles. The van der Waals surface area contributed by atoms with E-state index in [0.29, 0.717) is 29.2 Å². The third-order valence-electron chi connectivity index (χ3n) is 6.22. The van der Waals surface area contributed by atoms with Crippen LogP contribution >= 0.6 is 0 Å². The number of unbranched alkanes of at least 4 members (excludes halogenated alkanes) is 2. The van der Waals surface area contributed by atoms with Gasteiger partial charge in [0.1, 0.15) is 17.3 Å². The molecule has 7 heteroatoms. The van der Waals surface area contributed by atoms with Crippen molar-refractivity contribution in [1.82, 2.24) is 9.88 Å². The summed E-state index contributed by atoms with van der Waals surface area (Å²) in [6.45, 7) is 2.89. The van der Waals surface area contributed by atoms with Crippen molar-refractivity contribution in [2.45, 2.75) is 38.8 Å². The summed E-state index contributed by atoms with van der Waals surface area (Å²) in [6, 6.07) is 17.0. The maximum absolute atomic E-state index is 13.2. The topological polar surface area (TPSA) is 89.0 Å². The molecule has 1 unspecified atom stereocenters. The van der Waals surface area contributed by atoms with Crippen LogP contribution in [0, 0.1) is 0 Å². The largest absolute Gasteiger partial charge is 0.507 e. The van der Waals surface area contributed by atoms with Crippen LogP contribution in [0.15, 0.2) is 78.6 Å².